The molecule has 0 saturated carbocycles. The van der Waals surface area contributed by atoms with Gasteiger partial charge in [0.1, 0.15) is 11.9 Å². The Hall–Kier alpha value is -1.49. The van der Waals surface area contributed by atoms with Gasteiger partial charge in [-0.1, -0.05) is 6.07 Å². The van der Waals surface area contributed by atoms with Crippen molar-refractivity contribution in [2.45, 2.75) is 5.44 Å². The van der Waals surface area contributed by atoms with E-state index in [1.807, 2.05) is 0 Å². The molecule has 0 heterocycles. The monoisotopic (exact) mass is 231 g/mol. The molecule has 0 aliphatic heterocycles. The third kappa shape index (κ3) is 2.50. The topological polar surface area (TPSA) is 98.4 Å². The number of nitriles is 1. The van der Waals surface area contributed by atoms with Crippen LogP contribution >= 0.6 is 0 Å². The van der Waals surface area contributed by atoms with Gasteiger partial charge in [0.05, 0.1) is 5.56 Å². The Morgan fingerprint density at radius 3 is 2.53 bits per heavy atom. The second kappa shape index (κ2) is 3.94. The quantitative estimate of drug-likeness (QED) is 0.725. The summed E-state index contributed by atoms with van der Waals surface area (Å²) in [7, 11) is -4.67. The van der Waals surface area contributed by atoms with Gasteiger partial charge in [-0.3, -0.25) is 4.55 Å². The maximum Gasteiger partial charge on any atom is 0.296 e. The van der Waals surface area contributed by atoms with Crippen LogP contribution in [0.25, 0.3) is 0 Å². The van der Waals surface area contributed by atoms with Crippen LogP contribution in [-0.4, -0.2) is 18.1 Å². The number of hydrogen-bond acceptors (Lipinski definition) is 4. The van der Waals surface area contributed by atoms with Crippen LogP contribution in [0, 0.1) is 17.1 Å². The highest BCUT2D eigenvalue weighted by atomic mass is 32.2. The molecule has 5 nitrogen and oxygen atoms in total. The van der Waals surface area contributed by atoms with E-state index in [0.29, 0.717) is 0 Å². The molecular formula is C8H6FNO4S. The number of halogens is 1. The van der Waals surface area contributed by atoms with E-state index in [4.69, 9.17) is 14.9 Å². The number of aliphatic hydroxyl groups is 1. The van der Waals surface area contributed by atoms with Crippen molar-refractivity contribution in [2.24, 2.45) is 0 Å². The zero-order valence-electron chi connectivity index (χ0n) is 7.25. The summed E-state index contributed by atoms with van der Waals surface area (Å²) in [6.45, 7) is 0. The summed E-state index contributed by atoms with van der Waals surface area (Å²) in [6, 6.07) is 4.14. The lowest BCUT2D eigenvalue weighted by molar-refractivity contribution is 0.238. The third-order valence-electron chi connectivity index (χ3n) is 1.68. The van der Waals surface area contributed by atoms with E-state index in [1.54, 1.807) is 0 Å². The molecule has 0 aliphatic carbocycles. The molecule has 0 amide bonds. The Morgan fingerprint density at radius 2 is 2.07 bits per heavy atom. The van der Waals surface area contributed by atoms with Crippen molar-refractivity contribution in [3.05, 3.63) is 35.1 Å². The number of hydrogen-bond donors (Lipinski definition) is 2. The Morgan fingerprint density at radius 1 is 1.47 bits per heavy atom. The van der Waals surface area contributed by atoms with E-state index < -0.39 is 26.9 Å². The standard InChI is InChI=1S/C8H6FNO4S/c9-7-2-1-5(3-6(7)4-10)8(11)15(12,13)14/h1-3,8,11H,(H,12,13,14). The van der Waals surface area contributed by atoms with Gasteiger partial charge in [-0.25, -0.2) is 4.39 Å². The van der Waals surface area contributed by atoms with Gasteiger partial charge in [0.2, 0.25) is 5.44 Å². The van der Waals surface area contributed by atoms with E-state index in [9.17, 15) is 12.8 Å². The van der Waals surface area contributed by atoms with Crippen molar-refractivity contribution < 1.29 is 22.5 Å². The summed E-state index contributed by atoms with van der Waals surface area (Å²) in [5, 5.41) is 17.5. The molecule has 2 N–H and O–H groups in total. The number of nitrogens with zero attached hydrogens (tertiary/aromatic N) is 1. The van der Waals surface area contributed by atoms with E-state index in [0.717, 1.165) is 18.2 Å². The van der Waals surface area contributed by atoms with Crippen molar-refractivity contribution >= 4 is 10.1 Å². The van der Waals surface area contributed by atoms with Crippen molar-refractivity contribution in [2.75, 3.05) is 0 Å². The van der Waals surface area contributed by atoms with Crippen molar-refractivity contribution in [1.82, 2.24) is 0 Å². The lowest BCUT2D eigenvalue weighted by Gasteiger charge is -2.07. The van der Waals surface area contributed by atoms with Gasteiger partial charge < -0.3 is 5.11 Å². The van der Waals surface area contributed by atoms with Crippen LogP contribution in [0.4, 0.5) is 4.39 Å². The maximum atomic E-state index is 12.8. The normalized spacial score (nSPS) is 13.2. The van der Waals surface area contributed by atoms with Crippen molar-refractivity contribution in [3.63, 3.8) is 0 Å². The van der Waals surface area contributed by atoms with E-state index in [-0.39, 0.29) is 5.56 Å². The highest BCUT2D eigenvalue weighted by Gasteiger charge is 2.22. The lowest BCUT2D eigenvalue weighted by Crippen LogP contribution is -2.11. The van der Waals surface area contributed by atoms with Crippen LogP contribution in [0.15, 0.2) is 18.2 Å². The molecule has 1 aromatic rings. The van der Waals surface area contributed by atoms with E-state index in [1.165, 1.54) is 6.07 Å². The fourth-order valence-electron chi connectivity index (χ4n) is 0.954. The minimum Gasteiger partial charge on any atom is -0.371 e. The Balaban J connectivity index is 3.25. The summed E-state index contributed by atoms with van der Waals surface area (Å²) in [4.78, 5) is 0. The maximum absolute atomic E-state index is 12.8. The molecule has 1 atom stereocenters. The Bertz CT molecular complexity index is 520. The number of rotatable bonds is 2. The first-order valence-corrected chi connectivity index (χ1v) is 5.20. The predicted octanol–water partition coefficient (Wildman–Crippen LogP) is 0.576. The zero-order valence-corrected chi connectivity index (χ0v) is 8.07. The molecule has 15 heavy (non-hydrogen) atoms. The molecule has 0 radical (unpaired) electrons. The minimum absolute atomic E-state index is 0.268. The van der Waals surface area contributed by atoms with Crippen molar-refractivity contribution in [3.8, 4) is 6.07 Å². The summed E-state index contributed by atoms with van der Waals surface area (Å²) in [6.07, 6.45) is 0. The molecule has 0 fully saturated rings. The molecule has 0 spiro atoms. The molecular weight excluding hydrogens is 225 g/mol. The molecule has 1 rings (SSSR count). The highest BCUT2D eigenvalue weighted by molar-refractivity contribution is 7.85. The predicted molar refractivity (Wildman–Crippen MR) is 47.6 cm³/mol. The van der Waals surface area contributed by atoms with E-state index >= 15 is 0 Å². The second-order valence-corrected chi connectivity index (χ2v) is 4.19. The van der Waals surface area contributed by atoms with Crippen LogP contribution in [0.1, 0.15) is 16.6 Å². The molecule has 0 saturated heterocycles. The van der Waals surface area contributed by atoms with Gasteiger partial charge in [0.15, 0.2) is 0 Å². The third-order valence-corrected chi connectivity index (χ3v) is 2.51. The molecule has 0 aliphatic rings. The first kappa shape index (κ1) is 11.6. The smallest absolute Gasteiger partial charge is 0.296 e. The van der Waals surface area contributed by atoms with Gasteiger partial charge in [-0.05, 0) is 17.7 Å². The SMILES string of the molecule is N#Cc1cc(C(O)S(=O)(=O)O)ccc1F. The first-order valence-electron chi connectivity index (χ1n) is 3.70. The van der Waals surface area contributed by atoms with Gasteiger partial charge in [0, 0.05) is 0 Å². The Labute approximate surface area is 85.1 Å². The number of aliphatic hydroxyl groups excluding tert-OH is 1. The van der Waals surface area contributed by atoms with Crippen LogP contribution in [0.5, 0.6) is 0 Å². The summed E-state index contributed by atoms with van der Waals surface area (Å²) >= 11 is 0. The summed E-state index contributed by atoms with van der Waals surface area (Å²) in [5.41, 5.74) is -2.85. The van der Waals surface area contributed by atoms with Gasteiger partial charge in [-0.15, -0.1) is 0 Å². The summed E-state index contributed by atoms with van der Waals surface area (Å²) in [5.74, 6) is -0.830. The molecule has 7 heteroatoms. The molecule has 1 aromatic carbocycles. The fraction of sp³-hybridized carbons (Fsp3) is 0.125. The van der Waals surface area contributed by atoms with Gasteiger partial charge >= 0.3 is 0 Å². The molecule has 1 unspecified atom stereocenters. The average molecular weight is 231 g/mol. The lowest BCUT2D eigenvalue weighted by atomic mass is 10.1. The van der Waals surface area contributed by atoms with Crippen molar-refractivity contribution in [1.29, 1.82) is 5.26 Å². The van der Waals surface area contributed by atoms with Crippen LogP contribution in [0.2, 0.25) is 0 Å². The first-order chi connectivity index (χ1) is 6.86. The van der Waals surface area contributed by atoms with Crippen LogP contribution in [0.3, 0.4) is 0 Å². The van der Waals surface area contributed by atoms with Crippen LogP contribution in [-0.2, 0) is 10.1 Å². The largest absolute Gasteiger partial charge is 0.371 e. The highest BCUT2D eigenvalue weighted by Crippen LogP contribution is 2.20. The fourth-order valence-corrected chi connectivity index (χ4v) is 1.44. The Kier molecular flexibility index (Phi) is 3.04. The zero-order chi connectivity index (χ0) is 11.6. The molecule has 80 valence electrons. The second-order valence-electron chi connectivity index (χ2n) is 2.72. The molecule has 0 bridgehead atoms. The minimum atomic E-state index is -4.67. The summed E-state index contributed by atoms with van der Waals surface area (Å²) < 4.78 is 42.4. The number of benzene rings is 1. The average Bonchev–Trinajstić information content (AvgIpc) is 2.16. The van der Waals surface area contributed by atoms with Gasteiger partial charge in [0.25, 0.3) is 10.1 Å². The van der Waals surface area contributed by atoms with Crippen LogP contribution < -0.4 is 0 Å². The van der Waals surface area contributed by atoms with E-state index in [2.05, 4.69) is 0 Å². The molecule has 0 aromatic heterocycles. The van der Waals surface area contributed by atoms with Gasteiger partial charge in [-0.2, -0.15) is 13.7 Å².